The van der Waals surface area contributed by atoms with Gasteiger partial charge in [0.25, 0.3) is 0 Å². The summed E-state index contributed by atoms with van der Waals surface area (Å²) >= 11 is 0. The zero-order chi connectivity index (χ0) is 48.2. The predicted molar refractivity (Wildman–Crippen MR) is 195 cm³/mol. The van der Waals surface area contributed by atoms with Gasteiger partial charge in [0.05, 0.1) is 19.8 Å². The van der Waals surface area contributed by atoms with Crippen LogP contribution in [-0.4, -0.2) is 276 Å². The summed E-state index contributed by atoms with van der Waals surface area (Å²) in [6.07, 6.45) is -46.1. The van der Waals surface area contributed by atoms with E-state index in [9.17, 15) is 85.9 Å². The molecule has 5 fully saturated rings. The van der Waals surface area contributed by atoms with Gasteiger partial charge in [-0.05, 0) is 0 Å². The third-order valence-electron chi connectivity index (χ3n) is 11.2. The topological polar surface area (TPSA) is 445 Å². The molecule has 5 rings (SSSR count). The Kier molecular flexibility index (Phi) is 18.7. The lowest BCUT2D eigenvalue weighted by Gasteiger charge is -2.51. The third-order valence-corrected chi connectivity index (χ3v) is 11.2. The van der Waals surface area contributed by atoms with Crippen molar-refractivity contribution in [2.24, 2.45) is 0 Å². The van der Waals surface area contributed by atoms with Gasteiger partial charge in [-0.15, -0.1) is 0 Å². The molecule has 24 atom stereocenters. The second kappa shape index (κ2) is 22.7. The van der Waals surface area contributed by atoms with E-state index in [4.69, 9.17) is 56.8 Å². The van der Waals surface area contributed by atoms with Crippen LogP contribution in [0.3, 0.4) is 0 Å². The van der Waals surface area contributed by atoms with Crippen LogP contribution >= 0.6 is 0 Å². The van der Waals surface area contributed by atoms with Gasteiger partial charge in [-0.1, -0.05) is 0 Å². The Bertz CT molecular complexity index is 1560. The summed E-state index contributed by atoms with van der Waals surface area (Å²) < 4.78 is 67.8. The largest absolute Gasteiger partial charge is 0.463 e. The molecule has 5 saturated heterocycles. The highest BCUT2D eigenvalue weighted by Gasteiger charge is 2.62. The molecule has 0 amide bonds. The summed E-state index contributed by atoms with van der Waals surface area (Å²) in [4.78, 5) is 36.4. The molecular weight excluding hydrogens is 896 g/mol. The first-order valence-electron chi connectivity index (χ1n) is 20.2. The fraction of sp³-hybridized carbons (Fsp3) is 0.917. The van der Waals surface area contributed by atoms with E-state index in [1.165, 1.54) is 0 Å². The minimum absolute atomic E-state index is 0.807. The fourth-order valence-electron chi connectivity index (χ4n) is 7.74. The predicted octanol–water partition coefficient (Wildman–Crippen LogP) is -10.2. The molecule has 5 aliphatic rings. The van der Waals surface area contributed by atoms with Crippen LogP contribution in [-0.2, 0) is 71.2 Å². The van der Waals surface area contributed by atoms with Crippen molar-refractivity contribution >= 4 is 17.9 Å². The molecule has 29 nitrogen and oxygen atoms in total. The van der Waals surface area contributed by atoms with E-state index in [0.717, 1.165) is 20.8 Å². The molecule has 0 saturated carbocycles. The minimum Gasteiger partial charge on any atom is -0.463 e. The molecule has 65 heavy (non-hydrogen) atoms. The Morgan fingerprint density at radius 3 is 1.32 bits per heavy atom. The zero-order valence-corrected chi connectivity index (χ0v) is 34.9. The lowest BCUT2D eigenvalue weighted by Crippen LogP contribution is -2.69. The van der Waals surface area contributed by atoms with Gasteiger partial charge in [0.15, 0.2) is 31.3 Å². The molecular formula is C36H58O29. The van der Waals surface area contributed by atoms with Crippen LogP contribution in [0.1, 0.15) is 20.8 Å². The number of esters is 3. The number of rotatable bonds is 17. The van der Waals surface area contributed by atoms with E-state index in [1.54, 1.807) is 0 Å². The molecule has 5 heterocycles. The van der Waals surface area contributed by atoms with Gasteiger partial charge >= 0.3 is 17.9 Å². The van der Waals surface area contributed by atoms with Crippen LogP contribution in [0.4, 0.5) is 0 Å². The molecule has 29 heteroatoms. The summed E-state index contributed by atoms with van der Waals surface area (Å²) in [7, 11) is 0. The minimum atomic E-state index is -2.73. The summed E-state index contributed by atoms with van der Waals surface area (Å²) in [5.74, 6) is -5.60. The third kappa shape index (κ3) is 11.7. The van der Waals surface area contributed by atoms with Crippen molar-refractivity contribution in [3.8, 4) is 0 Å². The Labute approximate surface area is 367 Å². The number of carbonyl (C=O) groups excluding carboxylic acids is 3. The van der Waals surface area contributed by atoms with Crippen LogP contribution in [0.25, 0.3) is 0 Å². The molecule has 0 aromatic rings. The normalized spacial score (nSPS) is 46.9. The van der Waals surface area contributed by atoms with E-state index < -0.39 is 204 Å². The lowest BCUT2D eigenvalue weighted by atomic mass is 9.95. The first-order chi connectivity index (χ1) is 30.6. The molecule has 0 aromatic carbocycles. The van der Waals surface area contributed by atoms with Crippen molar-refractivity contribution < 1.29 is 143 Å². The van der Waals surface area contributed by atoms with Gasteiger partial charge < -0.3 is 128 Å². The molecule has 0 bridgehead atoms. The molecule has 376 valence electrons. The van der Waals surface area contributed by atoms with Gasteiger partial charge in [0, 0.05) is 20.8 Å². The zero-order valence-electron chi connectivity index (χ0n) is 34.9. The van der Waals surface area contributed by atoms with E-state index >= 15 is 0 Å². The van der Waals surface area contributed by atoms with Gasteiger partial charge in [0.1, 0.15) is 130 Å². The van der Waals surface area contributed by atoms with Crippen LogP contribution in [0, 0.1) is 0 Å². The van der Waals surface area contributed by atoms with Crippen molar-refractivity contribution in [3.63, 3.8) is 0 Å². The maximum atomic E-state index is 12.4. The van der Waals surface area contributed by atoms with Crippen molar-refractivity contribution in [1.29, 1.82) is 0 Å². The summed E-state index contributed by atoms with van der Waals surface area (Å²) in [5.41, 5.74) is 0. The number of carbonyl (C=O) groups is 3. The first kappa shape index (κ1) is 53.4. The Morgan fingerprint density at radius 2 is 0.877 bits per heavy atom. The van der Waals surface area contributed by atoms with Crippen LogP contribution in [0.5, 0.6) is 0 Å². The van der Waals surface area contributed by atoms with Gasteiger partial charge in [-0.3, -0.25) is 14.4 Å². The fourth-order valence-corrected chi connectivity index (χ4v) is 7.74. The molecule has 14 N–H and O–H groups in total. The molecule has 0 radical (unpaired) electrons. The standard InChI is InChI=1S/C36H58O29/c1-10(41)54-7-16-20(46)28(30(63-33-25(51)23(49)19(45)14(5-38)58-33)35(59-16)65-36(9-40)31(53)21(47)15(6-39)64-36)61-34-26(52)29(27(56-12(3)43)17(60-34)8-55-11(2)42)62-32-24(50)22(48)18(44)13(4-37)57-32/h13-35,37-40,44-53H,4-9H2,1-3H3/t13-,14-,15-,16-,17-,18-,19-,20-,21-,22+,23+,24-,25-,26-,27-,28+,29-,30-,31+,32+,33+,34+,35-,36+/m1/s1. The maximum Gasteiger partial charge on any atom is 0.303 e. The van der Waals surface area contributed by atoms with Crippen LogP contribution in [0.15, 0.2) is 0 Å². The van der Waals surface area contributed by atoms with E-state index in [-0.39, 0.29) is 0 Å². The van der Waals surface area contributed by atoms with Gasteiger partial charge in [0.2, 0.25) is 5.79 Å². The average Bonchev–Trinajstić information content (AvgIpc) is 3.51. The second-order valence-corrected chi connectivity index (χ2v) is 15.8. The van der Waals surface area contributed by atoms with Crippen molar-refractivity contribution in [3.05, 3.63) is 0 Å². The number of hydrogen-bond acceptors (Lipinski definition) is 29. The molecule has 0 spiro atoms. The summed E-state index contributed by atoms with van der Waals surface area (Å²) in [6.45, 7) is -2.91. The number of aliphatic hydroxyl groups is 14. The first-order valence-corrected chi connectivity index (χ1v) is 20.2. The monoisotopic (exact) mass is 954 g/mol. The quantitative estimate of drug-likeness (QED) is 0.0475. The molecule has 0 aromatic heterocycles. The summed E-state index contributed by atoms with van der Waals surface area (Å²) in [5, 5.41) is 149. The molecule has 5 aliphatic heterocycles. The van der Waals surface area contributed by atoms with Crippen molar-refractivity contribution in [2.75, 3.05) is 39.6 Å². The maximum absolute atomic E-state index is 12.4. The Hall–Kier alpha value is -2.51. The van der Waals surface area contributed by atoms with E-state index in [2.05, 4.69) is 0 Å². The Morgan fingerprint density at radius 1 is 0.446 bits per heavy atom. The highest BCUT2D eigenvalue weighted by Crippen LogP contribution is 2.40. The van der Waals surface area contributed by atoms with Crippen LogP contribution in [0.2, 0.25) is 0 Å². The Balaban J connectivity index is 1.61. The van der Waals surface area contributed by atoms with Crippen LogP contribution < -0.4 is 0 Å². The average molecular weight is 955 g/mol. The number of ether oxygens (including phenoxy) is 12. The summed E-state index contributed by atoms with van der Waals surface area (Å²) in [6, 6.07) is 0. The highest BCUT2D eigenvalue weighted by atomic mass is 16.8. The van der Waals surface area contributed by atoms with E-state index in [1.807, 2.05) is 0 Å². The highest BCUT2D eigenvalue weighted by molar-refractivity contribution is 5.67. The van der Waals surface area contributed by atoms with Crippen molar-refractivity contribution in [2.45, 2.75) is 168 Å². The lowest BCUT2D eigenvalue weighted by molar-refractivity contribution is -0.424. The van der Waals surface area contributed by atoms with Gasteiger partial charge in [-0.25, -0.2) is 0 Å². The second-order valence-electron chi connectivity index (χ2n) is 15.8. The molecule has 0 unspecified atom stereocenters. The molecule has 0 aliphatic carbocycles. The van der Waals surface area contributed by atoms with Crippen molar-refractivity contribution in [1.82, 2.24) is 0 Å². The van der Waals surface area contributed by atoms with E-state index in [0.29, 0.717) is 0 Å². The van der Waals surface area contributed by atoms with Gasteiger partial charge in [-0.2, -0.15) is 0 Å². The number of hydrogen-bond donors (Lipinski definition) is 14. The SMILES string of the molecule is CC(=O)OC[C@H]1O[C@H](O[C@]2(CO)O[C@H](CO)[C@@H](O)[C@@H]2O)[C@H](O[C@@H]2O[C@H](CO)[C@@H](O)[C@H](O)[C@H]2O)[C@@H](O[C@@H]2O[C@H](COC(C)=O)[C@@H](OC(C)=O)[C@H](O[C@@H]3O[C@H](CO)[C@@H](O)[C@H](O)[C@H]3O)[C@H]2O)[C@@H]1O. The smallest absolute Gasteiger partial charge is 0.303 e. The number of aliphatic hydroxyl groups excluding tert-OH is 14.